The molecule has 1 atom stereocenters. The first-order valence-electron chi connectivity index (χ1n) is 7.73. The Morgan fingerprint density at radius 2 is 2.29 bits per heavy atom. The third kappa shape index (κ3) is 4.05. The number of carbonyl (C=O) groups excluding carboxylic acids is 1. The topological polar surface area (TPSA) is 50.4 Å². The van der Waals surface area contributed by atoms with E-state index in [1.54, 1.807) is 7.11 Å². The van der Waals surface area contributed by atoms with Crippen LogP contribution in [0.15, 0.2) is 18.2 Å². The van der Waals surface area contributed by atoms with Crippen molar-refractivity contribution in [2.45, 2.75) is 38.6 Å². The Morgan fingerprint density at radius 3 is 3.00 bits per heavy atom. The molecule has 4 heteroatoms. The van der Waals surface area contributed by atoms with Crippen molar-refractivity contribution in [3.8, 4) is 0 Å². The van der Waals surface area contributed by atoms with Gasteiger partial charge in [-0.2, -0.15) is 0 Å². The average molecular weight is 290 g/mol. The molecule has 1 aliphatic heterocycles. The number of methoxy groups -OCH3 is 1. The highest BCUT2D eigenvalue weighted by Gasteiger charge is 2.26. The van der Waals surface area contributed by atoms with Crippen molar-refractivity contribution in [1.29, 1.82) is 0 Å². The fraction of sp³-hybridized carbons (Fsp3) is 0.588. The van der Waals surface area contributed by atoms with Crippen LogP contribution in [0.25, 0.3) is 0 Å². The first-order valence-corrected chi connectivity index (χ1v) is 7.73. The summed E-state index contributed by atoms with van der Waals surface area (Å²) in [5.41, 5.74) is 3.75. The number of fused-ring (bicyclic) bond motifs is 1. The molecular formula is C17H26N2O2. The Labute approximate surface area is 127 Å². The lowest BCUT2D eigenvalue weighted by atomic mass is 9.87. The fourth-order valence-electron chi connectivity index (χ4n) is 2.72. The number of nitrogens with one attached hydrogen (secondary N) is 2. The molecule has 0 spiro atoms. The minimum Gasteiger partial charge on any atom is -0.385 e. The zero-order chi connectivity index (χ0) is 15.2. The summed E-state index contributed by atoms with van der Waals surface area (Å²) >= 11 is 0. The number of benzene rings is 1. The van der Waals surface area contributed by atoms with E-state index in [-0.39, 0.29) is 11.8 Å². The van der Waals surface area contributed by atoms with Crippen LogP contribution in [0.1, 0.15) is 48.8 Å². The van der Waals surface area contributed by atoms with Crippen molar-refractivity contribution in [3.05, 3.63) is 34.9 Å². The summed E-state index contributed by atoms with van der Waals surface area (Å²) in [5.74, 6) is 0.535. The lowest BCUT2D eigenvalue weighted by molar-refractivity contribution is -0.122. The fourth-order valence-corrected chi connectivity index (χ4v) is 2.72. The van der Waals surface area contributed by atoms with E-state index in [4.69, 9.17) is 4.74 Å². The van der Waals surface area contributed by atoms with Crippen LogP contribution in [0.3, 0.4) is 0 Å². The van der Waals surface area contributed by atoms with Crippen molar-refractivity contribution < 1.29 is 9.53 Å². The summed E-state index contributed by atoms with van der Waals surface area (Å²) in [5, 5.41) is 6.36. The summed E-state index contributed by atoms with van der Waals surface area (Å²) < 4.78 is 5.00. The van der Waals surface area contributed by atoms with E-state index in [0.29, 0.717) is 25.6 Å². The van der Waals surface area contributed by atoms with Crippen LogP contribution < -0.4 is 10.6 Å². The van der Waals surface area contributed by atoms with Crippen LogP contribution in [0.5, 0.6) is 0 Å². The second-order valence-electron chi connectivity index (χ2n) is 5.93. The first-order chi connectivity index (χ1) is 10.1. The molecule has 116 valence electrons. The minimum absolute atomic E-state index is 0.0856. The maximum Gasteiger partial charge on any atom is 0.228 e. The molecule has 1 aromatic carbocycles. The van der Waals surface area contributed by atoms with Gasteiger partial charge in [0.1, 0.15) is 0 Å². The van der Waals surface area contributed by atoms with Gasteiger partial charge in [0.2, 0.25) is 5.91 Å². The predicted molar refractivity (Wildman–Crippen MR) is 84.5 cm³/mol. The van der Waals surface area contributed by atoms with Crippen LogP contribution in [-0.2, 0) is 16.1 Å². The number of hydrogen-bond donors (Lipinski definition) is 2. The number of hydrogen-bond acceptors (Lipinski definition) is 3. The standard InChI is InChI=1S/C17H26N2O2/c1-12(2)13-5-6-15-14(9-13)10-18-11-16(15)17(20)19-7-4-8-21-3/h5-6,9,12,16,18H,4,7-8,10-11H2,1-3H3,(H,19,20). The van der Waals surface area contributed by atoms with Gasteiger partial charge in [-0.15, -0.1) is 0 Å². The monoisotopic (exact) mass is 290 g/mol. The smallest absolute Gasteiger partial charge is 0.228 e. The van der Waals surface area contributed by atoms with Gasteiger partial charge in [0.05, 0.1) is 5.92 Å². The molecule has 2 rings (SSSR count). The van der Waals surface area contributed by atoms with Gasteiger partial charge in [0.15, 0.2) is 0 Å². The number of amides is 1. The van der Waals surface area contributed by atoms with Gasteiger partial charge >= 0.3 is 0 Å². The Bertz CT molecular complexity index is 486. The lowest BCUT2D eigenvalue weighted by Crippen LogP contribution is -2.39. The van der Waals surface area contributed by atoms with Gasteiger partial charge in [0, 0.05) is 33.4 Å². The van der Waals surface area contributed by atoms with Gasteiger partial charge in [-0.05, 0) is 29.0 Å². The molecule has 0 aliphatic carbocycles. The summed E-state index contributed by atoms with van der Waals surface area (Å²) in [6.45, 7) is 7.30. The van der Waals surface area contributed by atoms with Crippen LogP contribution in [0.2, 0.25) is 0 Å². The Kier molecular flexibility index (Phi) is 5.76. The molecule has 1 aromatic rings. The summed E-state index contributed by atoms with van der Waals surface area (Å²) in [4.78, 5) is 12.4. The highest BCUT2D eigenvalue weighted by Crippen LogP contribution is 2.27. The van der Waals surface area contributed by atoms with Crippen molar-refractivity contribution >= 4 is 5.91 Å². The molecule has 2 N–H and O–H groups in total. The lowest BCUT2D eigenvalue weighted by Gasteiger charge is -2.26. The van der Waals surface area contributed by atoms with Crippen LogP contribution >= 0.6 is 0 Å². The van der Waals surface area contributed by atoms with Crippen molar-refractivity contribution in [3.63, 3.8) is 0 Å². The normalized spacial score (nSPS) is 17.6. The Morgan fingerprint density at radius 1 is 1.48 bits per heavy atom. The van der Waals surface area contributed by atoms with Gasteiger partial charge in [-0.3, -0.25) is 4.79 Å². The molecule has 1 heterocycles. The number of rotatable bonds is 6. The van der Waals surface area contributed by atoms with Gasteiger partial charge < -0.3 is 15.4 Å². The Hall–Kier alpha value is -1.39. The zero-order valence-electron chi connectivity index (χ0n) is 13.2. The van der Waals surface area contributed by atoms with E-state index in [0.717, 1.165) is 13.0 Å². The Balaban J connectivity index is 2.05. The van der Waals surface area contributed by atoms with Crippen LogP contribution in [0.4, 0.5) is 0 Å². The summed E-state index contributed by atoms with van der Waals surface area (Å²) in [6.07, 6.45) is 0.849. The molecule has 0 saturated carbocycles. The van der Waals surface area contributed by atoms with Crippen LogP contribution in [0, 0.1) is 0 Å². The van der Waals surface area contributed by atoms with Crippen LogP contribution in [-0.4, -0.2) is 32.7 Å². The second-order valence-corrected chi connectivity index (χ2v) is 5.93. The molecule has 21 heavy (non-hydrogen) atoms. The highest BCUT2D eigenvalue weighted by atomic mass is 16.5. The SMILES string of the molecule is COCCCNC(=O)C1CNCc2cc(C(C)C)ccc21. The molecule has 0 bridgehead atoms. The average Bonchev–Trinajstić information content (AvgIpc) is 2.50. The zero-order valence-corrected chi connectivity index (χ0v) is 13.2. The molecule has 0 fully saturated rings. The minimum atomic E-state index is -0.0856. The molecule has 1 unspecified atom stereocenters. The largest absolute Gasteiger partial charge is 0.385 e. The number of carbonyl (C=O) groups is 1. The summed E-state index contributed by atoms with van der Waals surface area (Å²) in [7, 11) is 1.68. The third-order valence-electron chi connectivity index (χ3n) is 4.01. The summed E-state index contributed by atoms with van der Waals surface area (Å²) in [6, 6.07) is 6.52. The van der Waals surface area contributed by atoms with Gasteiger partial charge in [-0.1, -0.05) is 32.0 Å². The quantitative estimate of drug-likeness (QED) is 0.789. The van der Waals surface area contributed by atoms with Gasteiger partial charge in [-0.25, -0.2) is 0 Å². The van der Waals surface area contributed by atoms with E-state index in [1.165, 1.54) is 16.7 Å². The van der Waals surface area contributed by atoms with E-state index in [9.17, 15) is 4.79 Å². The second kappa shape index (κ2) is 7.57. The predicted octanol–water partition coefficient (Wildman–Crippen LogP) is 2.15. The molecule has 1 aliphatic rings. The van der Waals surface area contributed by atoms with E-state index < -0.39 is 0 Å². The van der Waals surface area contributed by atoms with E-state index >= 15 is 0 Å². The van der Waals surface area contributed by atoms with Crippen molar-refractivity contribution in [2.24, 2.45) is 0 Å². The molecule has 0 aromatic heterocycles. The molecule has 1 amide bonds. The molecular weight excluding hydrogens is 264 g/mol. The van der Waals surface area contributed by atoms with Crippen molar-refractivity contribution in [2.75, 3.05) is 26.8 Å². The third-order valence-corrected chi connectivity index (χ3v) is 4.01. The molecule has 0 radical (unpaired) electrons. The van der Waals surface area contributed by atoms with E-state index in [1.807, 2.05) is 0 Å². The van der Waals surface area contributed by atoms with Gasteiger partial charge in [0.25, 0.3) is 0 Å². The van der Waals surface area contributed by atoms with E-state index in [2.05, 4.69) is 42.7 Å². The van der Waals surface area contributed by atoms with Crippen molar-refractivity contribution in [1.82, 2.24) is 10.6 Å². The first kappa shape index (κ1) is 16.0. The molecule has 0 saturated heterocycles. The molecule has 4 nitrogen and oxygen atoms in total. The maximum atomic E-state index is 12.4. The maximum absolute atomic E-state index is 12.4. The number of ether oxygens (including phenoxy) is 1. The highest BCUT2D eigenvalue weighted by molar-refractivity contribution is 5.84.